The van der Waals surface area contributed by atoms with Crippen molar-refractivity contribution >= 4 is 17.9 Å². The second-order valence-electron chi connectivity index (χ2n) is 23.0. The van der Waals surface area contributed by atoms with Gasteiger partial charge in [0.05, 0.1) is 0 Å². The van der Waals surface area contributed by atoms with Crippen LogP contribution in [0.15, 0.2) is 85.1 Å². The van der Waals surface area contributed by atoms with Crippen molar-refractivity contribution in [3.63, 3.8) is 0 Å². The Morgan fingerprint density at radius 2 is 0.487 bits per heavy atom. The maximum Gasteiger partial charge on any atom is 0.306 e. The van der Waals surface area contributed by atoms with Gasteiger partial charge in [-0.3, -0.25) is 14.4 Å². The molecule has 80 heavy (non-hydrogen) atoms. The number of ether oxygens (including phenoxy) is 3. The molecule has 462 valence electrons. The van der Waals surface area contributed by atoms with Crippen molar-refractivity contribution in [2.75, 3.05) is 13.2 Å². The molecule has 6 nitrogen and oxygen atoms in total. The molecule has 0 bridgehead atoms. The zero-order chi connectivity index (χ0) is 57.8. The molecule has 0 aliphatic carbocycles. The van der Waals surface area contributed by atoms with Gasteiger partial charge in [-0.15, -0.1) is 0 Å². The first kappa shape index (κ1) is 76.6. The number of allylic oxidation sites excluding steroid dienone is 14. The number of esters is 3. The SMILES string of the molecule is CC/C=C\C/C=C\C/C=C\C/C=C\CCCCCCCCCCCCCCCCCCCCC(=O)OCC(COC(=O)CCCCCCC/C=C\C/C=C\C/C=C\CC)OC(=O)CCCCCCCCCCCCCCCCCC. The molecule has 0 aromatic heterocycles. The molecule has 0 saturated carbocycles. The van der Waals surface area contributed by atoms with Crippen LogP contribution in [0.1, 0.15) is 348 Å². The molecule has 0 aromatic carbocycles. The van der Waals surface area contributed by atoms with E-state index >= 15 is 0 Å². The van der Waals surface area contributed by atoms with Crippen molar-refractivity contribution < 1.29 is 28.6 Å². The van der Waals surface area contributed by atoms with Crippen molar-refractivity contribution in [3.05, 3.63) is 85.1 Å². The van der Waals surface area contributed by atoms with E-state index in [1.54, 1.807) is 0 Å². The molecule has 0 N–H and O–H groups in total. The van der Waals surface area contributed by atoms with Crippen LogP contribution in [0.25, 0.3) is 0 Å². The summed E-state index contributed by atoms with van der Waals surface area (Å²) in [7, 11) is 0. The number of carbonyl (C=O) groups excluding carboxylic acids is 3. The van der Waals surface area contributed by atoms with Gasteiger partial charge in [-0.1, -0.05) is 324 Å². The average molecular weight is 1120 g/mol. The molecule has 0 rings (SSSR count). The van der Waals surface area contributed by atoms with Gasteiger partial charge in [0.15, 0.2) is 6.10 Å². The fraction of sp³-hybridized carbons (Fsp3) is 0.770. The van der Waals surface area contributed by atoms with Gasteiger partial charge in [0, 0.05) is 19.3 Å². The highest BCUT2D eigenvalue weighted by atomic mass is 16.6. The zero-order valence-electron chi connectivity index (χ0n) is 53.1. The molecule has 0 spiro atoms. The normalized spacial score (nSPS) is 12.6. The summed E-state index contributed by atoms with van der Waals surface area (Å²) >= 11 is 0. The van der Waals surface area contributed by atoms with Crippen molar-refractivity contribution in [2.45, 2.75) is 354 Å². The minimum atomic E-state index is -0.781. The predicted molar refractivity (Wildman–Crippen MR) is 348 cm³/mol. The van der Waals surface area contributed by atoms with Crippen LogP contribution in [0.2, 0.25) is 0 Å². The molecule has 0 fully saturated rings. The fourth-order valence-electron chi connectivity index (χ4n) is 10.0. The lowest BCUT2D eigenvalue weighted by Crippen LogP contribution is -2.30. The second kappa shape index (κ2) is 68.1. The van der Waals surface area contributed by atoms with Crippen molar-refractivity contribution in [3.8, 4) is 0 Å². The number of unbranched alkanes of at least 4 members (excludes halogenated alkanes) is 38. The Morgan fingerprint density at radius 3 is 0.762 bits per heavy atom. The van der Waals surface area contributed by atoms with Crippen molar-refractivity contribution in [1.29, 1.82) is 0 Å². The van der Waals surface area contributed by atoms with Crippen LogP contribution in [0, 0.1) is 0 Å². The van der Waals surface area contributed by atoms with E-state index in [9.17, 15) is 14.4 Å². The van der Waals surface area contributed by atoms with Crippen LogP contribution >= 0.6 is 0 Å². The van der Waals surface area contributed by atoms with E-state index < -0.39 is 6.10 Å². The lowest BCUT2D eigenvalue weighted by molar-refractivity contribution is -0.167. The Morgan fingerprint density at radius 1 is 0.263 bits per heavy atom. The van der Waals surface area contributed by atoms with Gasteiger partial charge >= 0.3 is 17.9 Å². The molecule has 0 radical (unpaired) electrons. The average Bonchev–Trinajstić information content (AvgIpc) is 3.46. The smallest absolute Gasteiger partial charge is 0.306 e. The second-order valence-corrected chi connectivity index (χ2v) is 23.0. The van der Waals surface area contributed by atoms with Crippen LogP contribution in [-0.2, 0) is 28.6 Å². The highest BCUT2D eigenvalue weighted by molar-refractivity contribution is 5.71. The molecule has 0 amide bonds. The maximum atomic E-state index is 12.9. The molecule has 0 aliphatic rings. The molecule has 1 unspecified atom stereocenters. The third kappa shape index (κ3) is 65.4. The van der Waals surface area contributed by atoms with Crippen molar-refractivity contribution in [2.24, 2.45) is 0 Å². The topological polar surface area (TPSA) is 78.9 Å². The van der Waals surface area contributed by atoms with Crippen molar-refractivity contribution in [1.82, 2.24) is 0 Å². The Labute approximate surface area is 496 Å². The van der Waals surface area contributed by atoms with Gasteiger partial charge in [0.2, 0.25) is 0 Å². The lowest BCUT2D eigenvalue weighted by atomic mass is 10.0. The molecular weight excluding hydrogens is 985 g/mol. The number of rotatable bonds is 63. The summed E-state index contributed by atoms with van der Waals surface area (Å²) in [5.41, 5.74) is 0. The Kier molecular flexibility index (Phi) is 65.2. The zero-order valence-corrected chi connectivity index (χ0v) is 53.1. The van der Waals surface area contributed by atoms with Crippen LogP contribution in [0.4, 0.5) is 0 Å². The summed E-state index contributed by atoms with van der Waals surface area (Å²) in [5, 5.41) is 0. The monoisotopic (exact) mass is 1110 g/mol. The van der Waals surface area contributed by atoms with Gasteiger partial charge in [0.1, 0.15) is 13.2 Å². The third-order valence-corrected chi connectivity index (χ3v) is 15.1. The van der Waals surface area contributed by atoms with Crippen LogP contribution in [0.3, 0.4) is 0 Å². The molecule has 0 aromatic rings. The van der Waals surface area contributed by atoms with Crippen LogP contribution in [-0.4, -0.2) is 37.2 Å². The largest absolute Gasteiger partial charge is 0.462 e. The molecule has 1 atom stereocenters. The van der Waals surface area contributed by atoms with Crippen LogP contribution in [0.5, 0.6) is 0 Å². The quantitative estimate of drug-likeness (QED) is 0.0261. The predicted octanol–water partition coefficient (Wildman–Crippen LogP) is 23.8. The van der Waals surface area contributed by atoms with Gasteiger partial charge in [0.25, 0.3) is 0 Å². The summed E-state index contributed by atoms with van der Waals surface area (Å²) in [6.07, 6.45) is 90.4. The van der Waals surface area contributed by atoms with Gasteiger partial charge in [-0.05, 0) is 89.9 Å². The minimum Gasteiger partial charge on any atom is -0.462 e. The Bertz CT molecular complexity index is 1520. The van der Waals surface area contributed by atoms with E-state index in [0.717, 1.165) is 122 Å². The van der Waals surface area contributed by atoms with E-state index in [1.807, 2.05) is 0 Å². The Balaban J connectivity index is 4.20. The molecule has 0 aliphatic heterocycles. The van der Waals surface area contributed by atoms with Gasteiger partial charge in [-0.2, -0.15) is 0 Å². The van der Waals surface area contributed by atoms with E-state index in [4.69, 9.17) is 14.2 Å². The highest BCUT2D eigenvalue weighted by Gasteiger charge is 2.19. The summed E-state index contributed by atoms with van der Waals surface area (Å²) in [4.78, 5) is 38.4. The Hall–Kier alpha value is -3.41. The summed E-state index contributed by atoms with van der Waals surface area (Å²) in [6, 6.07) is 0. The number of hydrogen-bond acceptors (Lipinski definition) is 6. The van der Waals surface area contributed by atoms with E-state index in [1.165, 1.54) is 186 Å². The molecule has 0 heterocycles. The van der Waals surface area contributed by atoms with Gasteiger partial charge in [-0.25, -0.2) is 0 Å². The van der Waals surface area contributed by atoms with Gasteiger partial charge < -0.3 is 14.2 Å². The summed E-state index contributed by atoms with van der Waals surface area (Å²) in [6.45, 7) is 6.45. The summed E-state index contributed by atoms with van der Waals surface area (Å²) < 4.78 is 17.0. The first-order chi connectivity index (χ1) is 39.5. The molecule has 6 heteroatoms. The lowest BCUT2D eigenvalue weighted by Gasteiger charge is -2.18. The first-order valence-electron chi connectivity index (χ1n) is 34.6. The maximum absolute atomic E-state index is 12.9. The van der Waals surface area contributed by atoms with E-state index in [-0.39, 0.29) is 31.1 Å². The highest BCUT2D eigenvalue weighted by Crippen LogP contribution is 2.18. The molecule has 0 saturated heterocycles. The summed E-state index contributed by atoms with van der Waals surface area (Å²) in [5.74, 6) is -0.874. The fourth-order valence-corrected chi connectivity index (χ4v) is 10.0. The van der Waals surface area contributed by atoms with E-state index in [0.29, 0.717) is 19.3 Å². The standard InChI is InChI=1S/C74H130O6/c1-4-7-10-13-16-19-22-25-28-30-31-32-33-34-35-36-37-38-39-40-41-42-43-44-47-49-52-55-58-61-64-67-73(76)79-70-71(69-78-72(75)66-63-60-57-54-51-48-45-27-24-21-18-15-12-9-6-3)80-74(77)68-65-62-59-56-53-50-46-29-26-23-20-17-14-11-8-5-2/h7,9-10,12,16,18-19,21,25,27-28,31-32,45,71H,4-6,8,11,13-15,17,20,22-24,26,29-30,33-44,46-70H2,1-3H3/b10-7-,12-9-,19-16-,21-18-,28-25-,32-31-,45-27-. The minimum absolute atomic E-state index is 0.0769. The van der Waals surface area contributed by atoms with Crippen LogP contribution < -0.4 is 0 Å². The number of hydrogen-bond donors (Lipinski definition) is 0. The number of carbonyl (C=O) groups is 3. The first-order valence-corrected chi connectivity index (χ1v) is 34.6. The molecular formula is C74H130O6. The van der Waals surface area contributed by atoms with E-state index in [2.05, 4.69) is 106 Å². The third-order valence-electron chi connectivity index (χ3n) is 15.1.